The minimum absolute atomic E-state index is 0.139. The molecule has 4 heterocycles. The van der Waals surface area contributed by atoms with Crippen molar-refractivity contribution >= 4 is 5.91 Å². The number of rotatable bonds is 6. The van der Waals surface area contributed by atoms with Crippen LogP contribution in [0.5, 0.6) is 0 Å². The van der Waals surface area contributed by atoms with E-state index in [0.29, 0.717) is 6.42 Å². The lowest BCUT2D eigenvalue weighted by Gasteiger charge is -2.37. The standard InChI is InChI=1S/C23H30N4O2/c1-19-7-10-25-21(18-19)23(20-6-2-3-9-24-20,22(28)27-11-4-5-12-27)8-13-26-14-16-29-17-15-26/h2-3,6-7,9-10,18H,4-5,8,11-17H2,1H3. The van der Waals surface area contributed by atoms with E-state index >= 15 is 0 Å². The summed E-state index contributed by atoms with van der Waals surface area (Å²) in [5.41, 5.74) is 1.84. The van der Waals surface area contributed by atoms with Crippen molar-refractivity contribution < 1.29 is 9.53 Å². The molecule has 29 heavy (non-hydrogen) atoms. The molecule has 6 heteroatoms. The number of aryl methyl sites for hydroxylation is 1. The number of carbonyl (C=O) groups is 1. The Morgan fingerprint density at radius 3 is 2.48 bits per heavy atom. The van der Waals surface area contributed by atoms with Gasteiger partial charge in [0.05, 0.1) is 24.6 Å². The maximum atomic E-state index is 14.1. The Morgan fingerprint density at radius 1 is 1.03 bits per heavy atom. The summed E-state index contributed by atoms with van der Waals surface area (Å²) in [7, 11) is 0. The van der Waals surface area contributed by atoms with Crippen LogP contribution in [0.3, 0.4) is 0 Å². The fourth-order valence-corrected chi connectivity index (χ4v) is 4.44. The molecule has 4 rings (SSSR count). The number of carbonyl (C=O) groups excluding carboxylic acids is 1. The Labute approximate surface area is 172 Å². The lowest BCUT2D eigenvalue weighted by atomic mass is 9.75. The Balaban J connectivity index is 1.78. The van der Waals surface area contributed by atoms with E-state index in [4.69, 9.17) is 9.72 Å². The van der Waals surface area contributed by atoms with Crippen molar-refractivity contribution in [3.63, 3.8) is 0 Å². The second kappa shape index (κ2) is 9.01. The number of aromatic nitrogens is 2. The molecule has 1 amide bonds. The van der Waals surface area contributed by atoms with Crippen LogP contribution in [0.15, 0.2) is 42.7 Å². The molecule has 0 aliphatic carbocycles. The zero-order chi connectivity index (χ0) is 20.1. The van der Waals surface area contributed by atoms with E-state index in [2.05, 4.69) is 22.9 Å². The van der Waals surface area contributed by atoms with E-state index in [9.17, 15) is 4.79 Å². The van der Waals surface area contributed by atoms with Crippen LogP contribution in [0, 0.1) is 6.92 Å². The van der Waals surface area contributed by atoms with Crippen molar-refractivity contribution in [3.8, 4) is 0 Å². The molecule has 2 saturated heterocycles. The fraction of sp³-hybridized carbons (Fsp3) is 0.522. The zero-order valence-corrected chi connectivity index (χ0v) is 17.2. The summed E-state index contributed by atoms with van der Waals surface area (Å²) in [5.74, 6) is 0.139. The highest BCUT2D eigenvalue weighted by Gasteiger charge is 2.47. The lowest BCUT2D eigenvalue weighted by Crippen LogP contribution is -2.50. The molecule has 2 fully saturated rings. The molecule has 2 aliphatic rings. The first-order valence-electron chi connectivity index (χ1n) is 10.6. The Hall–Kier alpha value is -2.31. The van der Waals surface area contributed by atoms with Crippen LogP contribution in [0.25, 0.3) is 0 Å². The van der Waals surface area contributed by atoms with Crippen LogP contribution in [-0.4, -0.2) is 71.6 Å². The summed E-state index contributed by atoms with van der Waals surface area (Å²) in [4.78, 5) is 27.8. The second-order valence-corrected chi connectivity index (χ2v) is 8.04. The van der Waals surface area contributed by atoms with Gasteiger partial charge in [0, 0.05) is 45.1 Å². The molecule has 0 radical (unpaired) electrons. The third kappa shape index (κ3) is 4.19. The molecule has 0 saturated carbocycles. The Kier molecular flexibility index (Phi) is 6.21. The van der Waals surface area contributed by atoms with Crippen molar-refractivity contribution in [3.05, 3.63) is 59.7 Å². The highest BCUT2D eigenvalue weighted by molar-refractivity contribution is 5.91. The van der Waals surface area contributed by atoms with Crippen LogP contribution < -0.4 is 0 Å². The topological polar surface area (TPSA) is 58.6 Å². The predicted octanol–water partition coefficient (Wildman–Crippen LogP) is 2.42. The van der Waals surface area contributed by atoms with E-state index in [-0.39, 0.29) is 5.91 Å². The molecule has 0 aromatic carbocycles. The summed E-state index contributed by atoms with van der Waals surface area (Å²) in [6.45, 7) is 7.80. The molecule has 0 spiro atoms. The minimum Gasteiger partial charge on any atom is -0.379 e. The van der Waals surface area contributed by atoms with Gasteiger partial charge in [-0.25, -0.2) is 0 Å². The van der Waals surface area contributed by atoms with E-state index in [1.165, 1.54) is 0 Å². The van der Waals surface area contributed by atoms with Gasteiger partial charge in [-0.2, -0.15) is 0 Å². The molecule has 1 atom stereocenters. The summed E-state index contributed by atoms with van der Waals surface area (Å²) in [5, 5.41) is 0. The first-order chi connectivity index (χ1) is 14.2. The van der Waals surface area contributed by atoms with Gasteiger partial charge in [-0.1, -0.05) is 6.07 Å². The van der Waals surface area contributed by atoms with Crippen LogP contribution in [-0.2, 0) is 14.9 Å². The smallest absolute Gasteiger partial charge is 0.240 e. The molecule has 2 aromatic heterocycles. The number of likely N-dealkylation sites (tertiary alicyclic amines) is 1. The number of pyridine rings is 2. The highest BCUT2D eigenvalue weighted by atomic mass is 16.5. The molecule has 0 bridgehead atoms. The highest BCUT2D eigenvalue weighted by Crippen LogP contribution is 2.37. The summed E-state index contributed by atoms with van der Waals surface area (Å²) in [6, 6.07) is 9.90. The number of hydrogen-bond donors (Lipinski definition) is 0. The van der Waals surface area contributed by atoms with Gasteiger partial charge in [0.15, 0.2) is 0 Å². The summed E-state index contributed by atoms with van der Waals surface area (Å²) in [6.07, 6.45) is 6.39. The zero-order valence-electron chi connectivity index (χ0n) is 17.2. The van der Waals surface area contributed by atoms with E-state index in [1.807, 2.05) is 35.4 Å². The van der Waals surface area contributed by atoms with Gasteiger partial charge in [0.1, 0.15) is 5.41 Å². The molecule has 1 unspecified atom stereocenters. The maximum Gasteiger partial charge on any atom is 0.240 e. The predicted molar refractivity (Wildman–Crippen MR) is 112 cm³/mol. The van der Waals surface area contributed by atoms with Crippen LogP contribution in [0.2, 0.25) is 0 Å². The van der Waals surface area contributed by atoms with E-state index in [0.717, 1.165) is 75.7 Å². The van der Waals surface area contributed by atoms with Crippen molar-refractivity contribution in [1.82, 2.24) is 19.8 Å². The van der Waals surface area contributed by atoms with Gasteiger partial charge in [0.25, 0.3) is 0 Å². The largest absolute Gasteiger partial charge is 0.379 e. The van der Waals surface area contributed by atoms with Crippen LogP contribution in [0.1, 0.15) is 36.2 Å². The summed E-state index contributed by atoms with van der Waals surface area (Å²) < 4.78 is 5.50. The fourth-order valence-electron chi connectivity index (χ4n) is 4.44. The number of morpholine rings is 1. The van der Waals surface area contributed by atoms with E-state index in [1.54, 1.807) is 6.20 Å². The molecular weight excluding hydrogens is 364 g/mol. The first-order valence-corrected chi connectivity index (χ1v) is 10.6. The quantitative estimate of drug-likeness (QED) is 0.753. The third-order valence-corrected chi connectivity index (χ3v) is 6.12. The average molecular weight is 395 g/mol. The first kappa shape index (κ1) is 20.0. The van der Waals surface area contributed by atoms with E-state index < -0.39 is 5.41 Å². The molecule has 0 N–H and O–H groups in total. The summed E-state index contributed by atoms with van der Waals surface area (Å²) >= 11 is 0. The van der Waals surface area contributed by atoms with Crippen LogP contribution in [0.4, 0.5) is 0 Å². The number of amides is 1. The van der Waals surface area contributed by atoms with Gasteiger partial charge < -0.3 is 9.64 Å². The molecule has 6 nitrogen and oxygen atoms in total. The average Bonchev–Trinajstić information content (AvgIpc) is 3.31. The molecule has 154 valence electrons. The second-order valence-electron chi connectivity index (χ2n) is 8.04. The van der Waals surface area contributed by atoms with Gasteiger partial charge >= 0.3 is 0 Å². The van der Waals surface area contributed by atoms with Crippen molar-refractivity contribution in [1.29, 1.82) is 0 Å². The Morgan fingerprint density at radius 2 is 1.79 bits per heavy atom. The minimum atomic E-state index is -0.865. The van der Waals surface area contributed by atoms with Gasteiger partial charge in [0.2, 0.25) is 5.91 Å². The van der Waals surface area contributed by atoms with Gasteiger partial charge in [-0.05, 0) is 56.0 Å². The van der Waals surface area contributed by atoms with Crippen LogP contribution >= 0.6 is 0 Å². The molecule has 2 aliphatic heterocycles. The monoisotopic (exact) mass is 394 g/mol. The SMILES string of the molecule is Cc1ccnc(C(CCN2CCOCC2)(C(=O)N2CCCC2)c2ccccn2)c1. The Bertz CT molecular complexity index is 817. The third-order valence-electron chi connectivity index (χ3n) is 6.12. The number of ether oxygens (including phenoxy) is 1. The van der Waals surface area contributed by atoms with Crippen molar-refractivity contribution in [2.24, 2.45) is 0 Å². The lowest BCUT2D eigenvalue weighted by molar-refractivity contribution is -0.135. The molecular formula is C23H30N4O2. The number of hydrogen-bond acceptors (Lipinski definition) is 5. The van der Waals surface area contributed by atoms with Crippen molar-refractivity contribution in [2.75, 3.05) is 45.9 Å². The number of nitrogens with zero attached hydrogens (tertiary/aromatic N) is 4. The van der Waals surface area contributed by atoms with Crippen molar-refractivity contribution in [2.45, 2.75) is 31.6 Å². The normalized spacial score (nSPS) is 19.8. The molecule has 2 aromatic rings. The van der Waals surface area contributed by atoms with Gasteiger partial charge in [-0.3, -0.25) is 19.7 Å². The maximum absolute atomic E-state index is 14.1. The van der Waals surface area contributed by atoms with Gasteiger partial charge in [-0.15, -0.1) is 0 Å².